The molecule has 6 heteroatoms. The first-order chi connectivity index (χ1) is 9.25. The van der Waals surface area contributed by atoms with E-state index in [1.54, 1.807) is 6.21 Å². The summed E-state index contributed by atoms with van der Waals surface area (Å²) in [6, 6.07) is 7.69. The maximum absolute atomic E-state index is 11.7. The first-order valence-corrected chi connectivity index (χ1v) is 6.91. The summed E-state index contributed by atoms with van der Waals surface area (Å²) in [5, 5.41) is 3.96. The van der Waals surface area contributed by atoms with Gasteiger partial charge in [-0.3, -0.25) is 9.69 Å². The van der Waals surface area contributed by atoms with Gasteiger partial charge in [0.05, 0.1) is 26.0 Å². The first kappa shape index (κ1) is 14.2. The van der Waals surface area contributed by atoms with Crippen molar-refractivity contribution in [1.82, 2.24) is 10.3 Å². The number of hydrazone groups is 1. The number of benzene rings is 1. The summed E-state index contributed by atoms with van der Waals surface area (Å²) in [6.07, 6.45) is 1.63. The largest absolute Gasteiger partial charge is 0.379 e. The third kappa shape index (κ3) is 4.74. The molecule has 0 aliphatic carbocycles. The fourth-order valence-corrected chi connectivity index (χ4v) is 2.14. The summed E-state index contributed by atoms with van der Waals surface area (Å²) in [5.41, 5.74) is 3.46. The Morgan fingerprint density at radius 2 is 2.16 bits per heavy atom. The highest BCUT2D eigenvalue weighted by Gasteiger charge is 2.13. The van der Waals surface area contributed by atoms with Crippen LogP contribution in [0.2, 0.25) is 0 Å². The number of nitrogens with zero attached hydrogens (tertiary/aromatic N) is 2. The summed E-state index contributed by atoms with van der Waals surface area (Å²) < 4.78 is 6.17. The van der Waals surface area contributed by atoms with Crippen LogP contribution in [-0.4, -0.2) is 49.9 Å². The summed E-state index contributed by atoms with van der Waals surface area (Å²) in [7, 11) is 0. The molecule has 1 heterocycles. The molecule has 1 N–H and O–H groups in total. The second kappa shape index (κ2) is 7.37. The molecule has 19 heavy (non-hydrogen) atoms. The Hall–Kier alpha value is -1.24. The van der Waals surface area contributed by atoms with E-state index in [9.17, 15) is 4.79 Å². The molecule has 1 saturated heterocycles. The van der Waals surface area contributed by atoms with Crippen LogP contribution in [0, 0.1) is 0 Å². The summed E-state index contributed by atoms with van der Waals surface area (Å²) in [5.74, 6) is -0.106. The van der Waals surface area contributed by atoms with E-state index in [0.717, 1.165) is 23.1 Å². The molecule has 0 atom stereocenters. The van der Waals surface area contributed by atoms with Crippen molar-refractivity contribution in [2.45, 2.75) is 0 Å². The van der Waals surface area contributed by atoms with Crippen molar-refractivity contribution in [3.05, 3.63) is 34.3 Å². The van der Waals surface area contributed by atoms with Gasteiger partial charge in [-0.1, -0.05) is 34.1 Å². The third-order valence-corrected chi connectivity index (χ3v) is 3.49. The lowest BCUT2D eigenvalue weighted by Crippen LogP contribution is -2.42. The van der Waals surface area contributed by atoms with Crippen LogP contribution in [0.3, 0.4) is 0 Å². The second-order valence-corrected chi connectivity index (χ2v) is 5.06. The zero-order valence-electron chi connectivity index (χ0n) is 10.5. The molecule has 1 aliphatic rings. The third-order valence-electron chi connectivity index (χ3n) is 2.77. The summed E-state index contributed by atoms with van der Waals surface area (Å²) in [4.78, 5) is 13.7. The Bertz CT molecular complexity index is 459. The molecule has 0 bridgehead atoms. The Morgan fingerprint density at radius 1 is 1.42 bits per heavy atom. The predicted octanol–water partition coefficient (Wildman–Crippen LogP) is 1.23. The number of amides is 1. The van der Waals surface area contributed by atoms with Crippen LogP contribution in [0.5, 0.6) is 0 Å². The van der Waals surface area contributed by atoms with Crippen LogP contribution < -0.4 is 5.43 Å². The van der Waals surface area contributed by atoms with Crippen LogP contribution in [0.25, 0.3) is 0 Å². The first-order valence-electron chi connectivity index (χ1n) is 6.12. The van der Waals surface area contributed by atoms with Gasteiger partial charge in [0.1, 0.15) is 0 Å². The molecule has 1 fully saturated rings. The highest BCUT2D eigenvalue weighted by atomic mass is 79.9. The van der Waals surface area contributed by atoms with E-state index in [4.69, 9.17) is 4.74 Å². The SMILES string of the molecule is O=C(CN1CCOCC1)N/N=C\c1ccccc1Br. The predicted molar refractivity (Wildman–Crippen MR) is 77.1 cm³/mol. The van der Waals surface area contributed by atoms with Gasteiger partial charge < -0.3 is 4.74 Å². The maximum atomic E-state index is 11.7. The molecular formula is C13H16BrN3O2. The van der Waals surface area contributed by atoms with Gasteiger partial charge in [0, 0.05) is 23.1 Å². The zero-order valence-corrected chi connectivity index (χ0v) is 12.1. The van der Waals surface area contributed by atoms with Crippen molar-refractivity contribution < 1.29 is 9.53 Å². The average Bonchev–Trinajstić information content (AvgIpc) is 2.42. The minimum Gasteiger partial charge on any atom is -0.379 e. The monoisotopic (exact) mass is 325 g/mol. The molecule has 102 valence electrons. The van der Waals surface area contributed by atoms with E-state index < -0.39 is 0 Å². The number of morpholine rings is 1. The second-order valence-electron chi connectivity index (χ2n) is 4.20. The fraction of sp³-hybridized carbons (Fsp3) is 0.385. The molecule has 1 amide bonds. The van der Waals surface area contributed by atoms with Gasteiger partial charge in [0.15, 0.2) is 0 Å². The maximum Gasteiger partial charge on any atom is 0.254 e. The average molecular weight is 326 g/mol. The van der Waals surface area contributed by atoms with Crippen molar-refractivity contribution in [3.63, 3.8) is 0 Å². The van der Waals surface area contributed by atoms with Crippen LogP contribution in [0.4, 0.5) is 0 Å². The number of hydrogen-bond acceptors (Lipinski definition) is 4. The molecule has 1 aliphatic heterocycles. The Kier molecular flexibility index (Phi) is 5.50. The zero-order chi connectivity index (χ0) is 13.5. The smallest absolute Gasteiger partial charge is 0.254 e. The highest BCUT2D eigenvalue weighted by molar-refractivity contribution is 9.10. The van der Waals surface area contributed by atoms with Gasteiger partial charge in [-0.05, 0) is 6.07 Å². The lowest BCUT2D eigenvalue weighted by Gasteiger charge is -2.25. The van der Waals surface area contributed by atoms with Crippen molar-refractivity contribution in [3.8, 4) is 0 Å². The lowest BCUT2D eigenvalue weighted by atomic mass is 10.2. The number of nitrogens with one attached hydrogen (secondary N) is 1. The Labute approximate surface area is 120 Å². The van der Waals surface area contributed by atoms with Crippen LogP contribution in [0.1, 0.15) is 5.56 Å². The van der Waals surface area contributed by atoms with Crippen molar-refractivity contribution >= 4 is 28.1 Å². The van der Waals surface area contributed by atoms with E-state index >= 15 is 0 Å². The number of hydrogen-bond donors (Lipinski definition) is 1. The minimum absolute atomic E-state index is 0.106. The molecule has 0 spiro atoms. The molecule has 5 nitrogen and oxygen atoms in total. The van der Waals surface area contributed by atoms with E-state index in [1.807, 2.05) is 29.2 Å². The van der Waals surface area contributed by atoms with E-state index in [0.29, 0.717) is 19.8 Å². The van der Waals surface area contributed by atoms with E-state index in [2.05, 4.69) is 26.5 Å². The molecular weight excluding hydrogens is 310 g/mol. The summed E-state index contributed by atoms with van der Waals surface area (Å²) in [6.45, 7) is 3.32. The van der Waals surface area contributed by atoms with Crippen LogP contribution >= 0.6 is 15.9 Å². The van der Waals surface area contributed by atoms with Gasteiger partial charge in [-0.2, -0.15) is 5.10 Å². The Balaban J connectivity index is 1.78. The van der Waals surface area contributed by atoms with Crippen molar-refractivity contribution in [2.75, 3.05) is 32.8 Å². The number of rotatable bonds is 4. The van der Waals surface area contributed by atoms with Crippen LogP contribution in [-0.2, 0) is 9.53 Å². The minimum atomic E-state index is -0.106. The fourth-order valence-electron chi connectivity index (χ4n) is 1.75. The molecule has 1 aromatic carbocycles. The van der Waals surface area contributed by atoms with Crippen molar-refractivity contribution in [1.29, 1.82) is 0 Å². The topological polar surface area (TPSA) is 53.9 Å². The number of ether oxygens (including phenoxy) is 1. The highest BCUT2D eigenvalue weighted by Crippen LogP contribution is 2.13. The van der Waals surface area contributed by atoms with Gasteiger partial charge in [-0.15, -0.1) is 0 Å². The van der Waals surface area contributed by atoms with Gasteiger partial charge in [0.25, 0.3) is 5.91 Å². The Morgan fingerprint density at radius 3 is 2.89 bits per heavy atom. The van der Waals surface area contributed by atoms with E-state index in [1.165, 1.54) is 0 Å². The number of carbonyl (C=O) groups is 1. The quantitative estimate of drug-likeness (QED) is 0.669. The molecule has 0 unspecified atom stereocenters. The molecule has 1 aromatic rings. The lowest BCUT2D eigenvalue weighted by molar-refractivity contribution is -0.123. The molecule has 2 rings (SSSR count). The van der Waals surface area contributed by atoms with Gasteiger partial charge >= 0.3 is 0 Å². The van der Waals surface area contributed by atoms with Gasteiger partial charge in [-0.25, -0.2) is 5.43 Å². The van der Waals surface area contributed by atoms with E-state index in [-0.39, 0.29) is 5.91 Å². The molecule has 0 radical (unpaired) electrons. The summed E-state index contributed by atoms with van der Waals surface area (Å²) >= 11 is 3.42. The number of halogens is 1. The van der Waals surface area contributed by atoms with Crippen molar-refractivity contribution in [2.24, 2.45) is 5.10 Å². The normalized spacial score (nSPS) is 16.7. The van der Waals surface area contributed by atoms with Gasteiger partial charge in [0.2, 0.25) is 0 Å². The number of carbonyl (C=O) groups excluding carboxylic acids is 1. The molecule has 0 saturated carbocycles. The van der Waals surface area contributed by atoms with Crippen LogP contribution in [0.15, 0.2) is 33.8 Å². The molecule has 0 aromatic heterocycles. The standard InChI is InChI=1S/C13H16BrN3O2/c14-12-4-2-1-3-11(12)9-15-16-13(18)10-17-5-7-19-8-6-17/h1-4,9H,5-8,10H2,(H,16,18)/b15-9-.